The van der Waals surface area contributed by atoms with Crippen molar-refractivity contribution in [2.45, 2.75) is 25.2 Å². The Kier molecular flexibility index (Phi) is 5.03. The van der Waals surface area contributed by atoms with E-state index in [1.165, 1.54) is 0 Å². The maximum Gasteiger partial charge on any atom is 0.262 e. The Hall–Kier alpha value is -2.41. The Morgan fingerprint density at radius 2 is 1.88 bits per heavy atom. The van der Waals surface area contributed by atoms with Crippen molar-refractivity contribution >= 4 is 15.7 Å². The fourth-order valence-electron chi connectivity index (χ4n) is 2.66. The molecular weight excluding hydrogens is 342 g/mol. The van der Waals surface area contributed by atoms with Crippen LogP contribution < -0.4 is 18.9 Å². The van der Waals surface area contributed by atoms with E-state index in [2.05, 4.69) is 4.72 Å². The molecule has 0 unspecified atom stereocenters. The number of rotatable bonds is 7. The van der Waals surface area contributed by atoms with Crippen LogP contribution in [0.5, 0.6) is 17.2 Å². The van der Waals surface area contributed by atoms with E-state index in [4.69, 9.17) is 14.2 Å². The third-order valence-corrected chi connectivity index (χ3v) is 5.14. The monoisotopic (exact) mass is 363 g/mol. The normalized spacial score (nSPS) is 13.0. The molecule has 2 aromatic rings. The molecule has 1 N–H and O–H groups in total. The van der Waals surface area contributed by atoms with Gasteiger partial charge in [0, 0.05) is 12.5 Å². The van der Waals surface area contributed by atoms with Crippen molar-refractivity contribution in [1.29, 1.82) is 0 Å². The van der Waals surface area contributed by atoms with Gasteiger partial charge in [-0.05, 0) is 49.7 Å². The lowest BCUT2D eigenvalue weighted by atomic mass is 10.2. The van der Waals surface area contributed by atoms with Crippen LogP contribution in [0.4, 0.5) is 5.69 Å². The molecule has 1 heterocycles. The van der Waals surface area contributed by atoms with E-state index in [-0.39, 0.29) is 4.90 Å². The van der Waals surface area contributed by atoms with Crippen molar-refractivity contribution < 1.29 is 22.6 Å². The third kappa shape index (κ3) is 3.82. The Balaban J connectivity index is 1.92. The van der Waals surface area contributed by atoms with Crippen LogP contribution in [0.1, 0.15) is 19.4 Å². The molecular formula is C18H21NO5S. The van der Waals surface area contributed by atoms with Gasteiger partial charge in [-0.1, -0.05) is 0 Å². The minimum Gasteiger partial charge on any atom is -0.494 e. The zero-order valence-electron chi connectivity index (χ0n) is 14.2. The molecule has 1 aliphatic heterocycles. The van der Waals surface area contributed by atoms with Gasteiger partial charge in [-0.15, -0.1) is 0 Å². The molecule has 2 aromatic carbocycles. The molecule has 0 bridgehead atoms. The minimum atomic E-state index is -3.75. The Labute approximate surface area is 147 Å². The van der Waals surface area contributed by atoms with E-state index in [0.717, 1.165) is 11.3 Å². The second-order valence-electron chi connectivity index (χ2n) is 5.50. The first-order chi connectivity index (χ1) is 12.0. The Morgan fingerprint density at radius 1 is 1.08 bits per heavy atom. The van der Waals surface area contributed by atoms with Crippen molar-refractivity contribution in [3.05, 3.63) is 42.0 Å². The summed E-state index contributed by atoms with van der Waals surface area (Å²) >= 11 is 0. The molecule has 6 nitrogen and oxygen atoms in total. The minimum absolute atomic E-state index is 0.195. The molecule has 0 aromatic heterocycles. The van der Waals surface area contributed by atoms with Crippen molar-refractivity contribution in [2.75, 3.05) is 24.5 Å². The summed E-state index contributed by atoms with van der Waals surface area (Å²) in [4.78, 5) is 0.195. The van der Waals surface area contributed by atoms with Crippen LogP contribution in [-0.2, 0) is 16.4 Å². The van der Waals surface area contributed by atoms with Gasteiger partial charge in [-0.25, -0.2) is 8.42 Å². The highest BCUT2D eigenvalue weighted by molar-refractivity contribution is 7.92. The molecule has 0 spiro atoms. The zero-order chi connectivity index (χ0) is 17.9. The standard InChI is InChI=1S/C18H21NO5S/c1-3-22-14-5-7-18(23-4-2)16(12-14)19-25(20,21)15-6-8-17-13(11-15)9-10-24-17/h5-8,11-12,19H,3-4,9-10H2,1-2H3. The Bertz CT molecular complexity index is 864. The predicted octanol–water partition coefficient (Wildman–Crippen LogP) is 3.22. The molecule has 0 saturated carbocycles. The molecule has 0 aliphatic carbocycles. The highest BCUT2D eigenvalue weighted by Crippen LogP contribution is 2.33. The van der Waals surface area contributed by atoms with Crippen LogP contribution >= 0.6 is 0 Å². The Morgan fingerprint density at radius 3 is 2.64 bits per heavy atom. The van der Waals surface area contributed by atoms with Crippen molar-refractivity contribution in [2.24, 2.45) is 0 Å². The third-order valence-electron chi connectivity index (χ3n) is 3.78. The van der Waals surface area contributed by atoms with Crippen LogP contribution in [0, 0.1) is 0 Å². The summed E-state index contributed by atoms with van der Waals surface area (Å²) in [7, 11) is -3.75. The quantitative estimate of drug-likeness (QED) is 0.818. The summed E-state index contributed by atoms with van der Waals surface area (Å²) in [5, 5.41) is 0. The number of fused-ring (bicyclic) bond motifs is 1. The van der Waals surface area contributed by atoms with E-state index < -0.39 is 10.0 Å². The van der Waals surface area contributed by atoms with Gasteiger partial charge < -0.3 is 14.2 Å². The summed E-state index contributed by atoms with van der Waals surface area (Å²) in [5.41, 5.74) is 1.25. The molecule has 0 fully saturated rings. The molecule has 7 heteroatoms. The van der Waals surface area contributed by atoms with Crippen LogP contribution in [0.2, 0.25) is 0 Å². The lowest BCUT2D eigenvalue weighted by molar-refractivity contribution is 0.332. The molecule has 3 rings (SSSR count). The van der Waals surface area contributed by atoms with Crippen LogP contribution in [-0.4, -0.2) is 28.2 Å². The summed E-state index contributed by atoms with van der Waals surface area (Å²) in [5.74, 6) is 1.78. The number of sulfonamides is 1. The fraction of sp³-hybridized carbons (Fsp3) is 0.333. The topological polar surface area (TPSA) is 73.9 Å². The molecule has 0 radical (unpaired) electrons. The number of anilines is 1. The number of hydrogen-bond donors (Lipinski definition) is 1. The largest absolute Gasteiger partial charge is 0.494 e. The lowest BCUT2D eigenvalue weighted by Crippen LogP contribution is -2.14. The fourth-order valence-corrected chi connectivity index (χ4v) is 3.77. The van der Waals surface area contributed by atoms with E-state index >= 15 is 0 Å². The summed E-state index contributed by atoms with van der Waals surface area (Å²) < 4.78 is 44.6. The van der Waals surface area contributed by atoms with Crippen LogP contribution in [0.15, 0.2) is 41.3 Å². The number of nitrogens with one attached hydrogen (secondary N) is 1. The van der Waals surface area contributed by atoms with Crippen molar-refractivity contribution in [1.82, 2.24) is 0 Å². The lowest BCUT2D eigenvalue weighted by Gasteiger charge is -2.15. The van der Waals surface area contributed by atoms with E-state index in [9.17, 15) is 8.42 Å². The summed E-state index contributed by atoms with van der Waals surface area (Å²) in [6.07, 6.45) is 0.711. The summed E-state index contributed by atoms with van der Waals surface area (Å²) in [6, 6.07) is 9.96. The van der Waals surface area contributed by atoms with Crippen molar-refractivity contribution in [3.8, 4) is 17.2 Å². The highest BCUT2D eigenvalue weighted by atomic mass is 32.2. The average Bonchev–Trinajstić information content (AvgIpc) is 3.05. The van der Waals surface area contributed by atoms with Gasteiger partial charge in [0.2, 0.25) is 0 Å². The van der Waals surface area contributed by atoms with E-state index in [1.54, 1.807) is 36.4 Å². The SMILES string of the molecule is CCOc1ccc(OCC)c(NS(=O)(=O)c2ccc3c(c2)CCO3)c1. The highest BCUT2D eigenvalue weighted by Gasteiger charge is 2.21. The van der Waals surface area contributed by atoms with Gasteiger partial charge in [-0.3, -0.25) is 4.72 Å². The number of benzene rings is 2. The molecule has 25 heavy (non-hydrogen) atoms. The predicted molar refractivity (Wildman–Crippen MR) is 95.2 cm³/mol. The molecule has 0 saturated heterocycles. The van der Waals surface area contributed by atoms with Gasteiger partial charge >= 0.3 is 0 Å². The van der Waals surface area contributed by atoms with Gasteiger partial charge in [0.15, 0.2) is 0 Å². The molecule has 1 aliphatic rings. The summed E-state index contributed by atoms with van der Waals surface area (Å²) in [6.45, 7) is 5.21. The molecule has 134 valence electrons. The maximum atomic E-state index is 12.8. The number of hydrogen-bond acceptors (Lipinski definition) is 5. The zero-order valence-corrected chi connectivity index (χ0v) is 15.1. The van der Waals surface area contributed by atoms with Gasteiger partial charge in [0.1, 0.15) is 17.2 Å². The first-order valence-electron chi connectivity index (χ1n) is 8.21. The van der Waals surface area contributed by atoms with E-state index in [1.807, 2.05) is 13.8 Å². The van der Waals surface area contributed by atoms with Crippen LogP contribution in [0.25, 0.3) is 0 Å². The molecule has 0 atom stereocenters. The van der Waals surface area contributed by atoms with Crippen LogP contribution in [0.3, 0.4) is 0 Å². The smallest absolute Gasteiger partial charge is 0.262 e. The maximum absolute atomic E-state index is 12.8. The van der Waals surface area contributed by atoms with Gasteiger partial charge in [0.05, 0.1) is 30.4 Å². The van der Waals surface area contributed by atoms with E-state index in [0.29, 0.717) is 43.4 Å². The number of ether oxygens (including phenoxy) is 3. The average molecular weight is 363 g/mol. The first-order valence-corrected chi connectivity index (χ1v) is 9.70. The first kappa shape index (κ1) is 17.4. The molecule has 0 amide bonds. The van der Waals surface area contributed by atoms with Crippen molar-refractivity contribution in [3.63, 3.8) is 0 Å². The second-order valence-corrected chi connectivity index (χ2v) is 7.18. The van der Waals surface area contributed by atoms with Gasteiger partial charge in [-0.2, -0.15) is 0 Å². The van der Waals surface area contributed by atoms with Gasteiger partial charge in [0.25, 0.3) is 10.0 Å². The second kappa shape index (κ2) is 7.23.